The van der Waals surface area contributed by atoms with Gasteiger partial charge in [-0.1, -0.05) is 0 Å². The lowest BCUT2D eigenvalue weighted by Crippen LogP contribution is -2.46. The van der Waals surface area contributed by atoms with Gasteiger partial charge in [0.05, 0.1) is 10.5 Å². The number of hydrogen-bond donors (Lipinski definition) is 3. The fraction of sp³-hybridized carbons (Fsp3) is 0.643. The lowest BCUT2D eigenvalue weighted by Gasteiger charge is -2.24. The van der Waals surface area contributed by atoms with Crippen LogP contribution in [0.4, 0.5) is 0 Å². The maximum atomic E-state index is 12.0. The number of halogens is 1. The Hall–Kier alpha value is -0.850. The summed E-state index contributed by atoms with van der Waals surface area (Å²) in [5, 5.41) is 6.17. The maximum Gasteiger partial charge on any atom is 0.242 e. The van der Waals surface area contributed by atoms with Crippen LogP contribution in [0, 0.1) is 0 Å². The van der Waals surface area contributed by atoms with E-state index in [1.807, 2.05) is 13.8 Å². The van der Waals surface area contributed by atoms with E-state index in [1.165, 1.54) is 0 Å². The highest BCUT2D eigenvalue weighted by molar-refractivity contribution is 14.0. The second-order valence-electron chi connectivity index (χ2n) is 5.73. The first-order valence-electron chi connectivity index (χ1n) is 7.31. The summed E-state index contributed by atoms with van der Waals surface area (Å²) in [4.78, 5) is 4.33. The summed E-state index contributed by atoms with van der Waals surface area (Å²) in [5.41, 5.74) is -0.313. The largest absolute Gasteiger partial charge is 0.377 e. The molecule has 0 radical (unpaired) electrons. The van der Waals surface area contributed by atoms with E-state index in [-0.39, 0.29) is 41.0 Å². The molecule has 0 atom stereocenters. The molecule has 0 aromatic carbocycles. The minimum Gasteiger partial charge on any atom is -0.377 e. The van der Waals surface area contributed by atoms with Crippen molar-refractivity contribution in [3.63, 3.8) is 0 Å². The fourth-order valence-electron chi connectivity index (χ4n) is 1.68. The molecular weight excluding hydrogens is 445 g/mol. The summed E-state index contributed by atoms with van der Waals surface area (Å²) >= 11 is 0. The predicted octanol–water partition coefficient (Wildman–Crippen LogP) is 0.511. The Morgan fingerprint density at radius 1 is 1.33 bits per heavy atom. The minimum absolute atomic E-state index is 0. The Labute approximate surface area is 161 Å². The van der Waals surface area contributed by atoms with E-state index < -0.39 is 10.0 Å². The summed E-state index contributed by atoms with van der Waals surface area (Å²) in [6, 6.07) is 1.56. The Balaban J connectivity index is 0.00000529. The van der Waals surface area contributed by atoms with Gasteiger partial charge in [-0.25, -0.2) is 13.1 Å². The van der Waals surface area contributed by atoms with E-state index >= 15 is 0 Å². The third kappa shape index (κ3) is 7.81. The highest BCUT2D eigenvalue weighted by Gasteiger charge is 2.17. The van der Waals surface area contributed by atoms with Crippen molar-refractivity contribution in [2.45, 2.75) is 24.3 Å². The molecule has 3 N–H and O–H groups in total. The molecule has 0 saturated heterocycles. The van der Waals surface area contributed by atoms with Crippen molar-refractivity contribution in [1.29, 1.82) is 0 Å². The molecular formula is C14H28IN5O3S. The maximum absolute atomic E-state index is 12.0. The predicted molar refractivity (Wildman–Crippen MR) is 106 cm³/mol. The number of nitrogens with zero attached hydrogens (tertiary/aromatic N) is 2. The molecule has 0 spiro atoms. The number of sulfonamides is 1. The molecule has 0 bridgehead atoms. The third-order valence-corrected chi connectivity index (χ3v) is 4.73. The van der Waals surface area contributed by atoms with E-state index in [1.54, 1.807) is 44.2 Å². The van der Waals surface area contributed by atoms with Gasteiger partial charge in [0.1, 0.15) is 0 Å². The summed E-state index contributed by atoms with van der Waals surface area (Å²) in [7, 11) is 1.61. The van der Waals surface area contributed by atoms with Gasteiger partial charge in [0.25, 0.3) is 0 Å². The number of nitrogens with one attached hydrogen (secondary N) is 3. The number of methoxy groups -OCH3 is 1. The lowest BCUT2D eigenvalue weighted by atomic mass is 10.1. The van der Waals surface area contributed by atoms with Crippen molar-refractivity contribution in [3.05, 3.63) is 18.5 Å². The number of guanidine groups is 1. The Morgan fingerprint density at radius 2 is 2.00 bits per heavy atom. The van der Waals surface area contributed by atoms with Crippen LogP contribution >= 0.6 is 24.0 Å². The van der Waals surface area contributed by atoms with Crippen LogP contribution in [0.2, 0.25) is 0 Å². The molecule has 0 fully saturated rings. The third-order valence-electron chi connectivity index (χ3n) is 3.28. The first-order chi connectivity index (χ1) is 10.7. The van der Waals surface area contributed by atoms with Gasteiger partial charge in [-0.2, -0.15) is 0 Å². The van der Waals surface area contributed by atoms with Crippen LogP contribution in [-0.4, -0.2) is 58.3 Å². The van der Waals surface area contributed by atoms with Crippen LogP contribution in [0.1, 0.15) is 13.8 Å². The van der Waals surface area contributed by atoms with Crippen molar-refractivity contribution >= 4 is 40.0 Å². The summed E-state index contributed by atoms with van der Waals surface area (Å²) in [5.74, 6) is 0.592. The van der Waals surface area contributed by atoms with Gasteiger partial charge >= 0.3 is 0 Å². The van der Waals surface area contributed by atoms with Crippen molar-refractivity contribution in [2.75, 3.05) is 33.8 Å². The van der Waals surface area contributed by atoms with Crippen molar-refractivity contribution in [2.24, 2.45) is 12.0 Å². The van der Waals surface area contributed by atoms with Crippen LogP contribution in [0.25, 0.3) is 0 Å². The zero-order valence-electron chi connectivity index (χ0n) is 14.8. The smallest absolute Gasteiger partial charge is 0.242 e. The van der Waals surface area contributed by atoms with Crippen LogP contribution < -0.4 is 15.4 Å². The van der Waals surface area contributed by atoms with Gasteiger partial charge in [0.2, 0.25) is 10.0 Å². The molecule has 1 aromatic rings. The molecule has 10 heteroatoms. The van der Waals surface area contributed by atoms with Gasteiger partial charge < -0.3 is 19.9 Å². The normalized spacial score (nSPS) is 12.6. The van der Waals surface area contributed by atoms with Gasteiger partial charge in [-0.05, 0) is 19.9 Å². The Morgan fingerprint density at radius 3 is 2.50 bits per heavy atom. The average molecular weight is 473 g/mol. The number of aromatic nitrogens is 1. The van der Waals surface area contributed by atoms with E-state index in [0.29, 0.717) is 19.0 Å². The number of ether oxygens (including phenoxy) is 1. The van der Waals surface area contributed by atoms with Crippen LogP contribution in [-0.2, 0) is 21.8 Å². The Kier molecular flexibility index (Phi) is 9.85. The van der Waals surface area contributed by atoms with Crippen molar-refractivity contribution in [3.8, 4) is 0 Å². The number of aliphatic imine (C=N–C) groups is 1. The van der Waals surface area contributed by atoms with Gasteiger partial charge in [0.15, 0.2) is 5.96 Å². The molecule has 1 rings (SSSR count). The monoisotopic (exact) mass is 473 g/mol. The topological polar surface area (TPSA) is 96.8 Å². The molecule has 1 heterocycles. The van der Waals surface area contributed by atoms with Gasteiger partial charge in [0, 0.05) is 53.2 Å². The zero-order chi connectivity index (χ0) is 17.5. The average Bonchev–Trinajstić information content (AvgIpc) is 2.94. The standard InChI is InChI=1S/C14H27N5O3S.HI/c1-14(2,22-5)11-17-13(15-3)16-7-8-18-23(20,21)12-6-9-19(4)10-12;/h6,9-10,18H,7-8,11H2,1-5H3,(H2,15,16,17);1H. The minimum atomic E-state index is -3.47. The molecule has 0 amide bonds. The molecule has 8 nitrogen and oxygen atoms in total. The van der Waals surface area contributed by atoms with Gasteiger partial charge in [-0.3, -0.25) is 4.99 Å². The quantitative estimate of drug-likeness (QED) is 0.221. The molecule has 0 aliphatic carbocycles. The summed E-state index contributed by atoms with van der Waals surface area (Å²) in [6.07, 6.45) is 3.25. The fourth-order valence-corrected chi connectivity index (χ4v) is 2.76. The number of aryl methyl sites for hydroxylation is 1. The van der Waals surface area contributed by atoms with Crippen LogP contribution in [0.15, 0.2) is 28.3 Å². The second-order valence-corrected chi connectivity index (χ2v) is 7.49. The zero-order valence-corrected chi connectivity index (χ0v) is 17.9. The van der Waals surface area contributed by atoms with Crippen molar-refractivity contribution < 1.29 is 13.2 Å². The number of rotatable bonds is 8. The molecule has 0 aliphatic rings. The summed E-state index contributed by atoms with van der Waals surface area (Å²) in [6.45, 7) is 5.17. The van der Waals surface area contributed by atoms with Gasteiger partial charge in [-0.15, -0.1) is 24.0 Å². The first kappa shape index (κ1) is 23.1. The van der Waals surface area contributed by atoms with Crippen molar-refractivity contribution in [1.82, 2.24) is 19.9 Å². The van der Waals surface area contributed by atoms with Crippen LogP contribution in [0.3, 0.4) is 0 Å². The van der Waals surface area contributed by atoms with Crippen LogP contribution in [0.5, 0.6) is 0 Å². The molecule has 0 saturated carbocycles. The molecule has 24 heavy (non-hydrogen) atoms. The molecule has 140 valence electrons. The summed E-state index contributed by atoms with van der Waals surface area (Å²) < 4.78 is 33.6. The lowest BCUT2D eigenvalue weighted by molar-refractivity contribution is 0.0268. The SMILES string of the molecule is CN=C(NCCNS(=O)(=O)c1ccn(C)c1)NCC(C)(C)OC.I. The first-order valence-corrected chi connectivity index (χ1v) is 8.80. The molecule has 0 unspecified atom stereocenters. The molecule has 0 aliphatic heterocycles. The highest BCUT2D eigenvalue weighted by Crippen LogP contribution is 2.07. The second kappa shape index (κ2) is 10.2. The van der Waals surface area contributed by atoms with E-state index in [9.17, 15) is 8.42 Å². The van der Waals surface area contributed by atoms with E-state index in [4.69, 9.17) is 4.74 Å². The highest BCUT2D eigenvalue weighted by atomic mass is 127. The van der Waals surface area contributed by atoms with E-state index in [2.05, 4.69) is 20.3 Å². The van der Waals surface area contributed by atoms with E-state index in [0.717, 1.165) is 0 Å². The molecule has 1 aromatic heterocycles. The Bertz CT molecular complexity index is 628. The number of hydrogen-bond acceptors (Lipinski definition) is 4.